The molecule has 0 heterocycles. The van der Waals surface area contributed by atoms with Crippen LogP contribution >= 0.6 is 7.82 Å². The van der Waals surface area contributed by atoms with Crippen LogP contribution in [0.15, 0.2) is 48.6 Å². The van der Waals surface area contributed by atoms with Crippen LogP contribution in [0, 0.1) is 0 Å². The molecule has 59 heavy (non-hydrogen) atoms. The van der Waals surface area contributed by atoms with Gasteiger partial charge >= 0.3 is 19.8 Å². The lowest BCUT2D eigenvalue weighted by Crippen LogP contribution is -2.64. The van der Waals surface area contributed by atoms with Crippen LogP contribution in [0.25, 0.3) is 0 Å². The molecule has 0 aromatic carbocycles. The van der Waals surface area contributed by atoms with Gasteiger partial charge in [0.05, 0.1) is 6.61 Å². The van der Waals surface area contributed by atoms with Gasteiger partial charge in [0.1, 0.15) is 43.2 Å². The smallest absolute Gasteiger partial charge is 0.462 e. The fourth-order valence-corrected chi connectivity index (χ4v) is 7.44. The molecule has 0 saturated heterocycles. The summed E-state index contributed by atoms with van der Waals surface area (Å²) in [6.45, 7) is 3.21. The quantitative estimate of drug-likeness (QED) is 0.0152. The molecular weight excluding hydrogens is 779 g/mol. The zero-order valence-corrected chi connectivity index (χ0v) is 36.9. The van der Waals surface area contributed by atoms with Crippen LogP contribution in [0.5, 0.6) is 0 Å². The maximum atomic E-state index is 12.8. The van der Waals surface area contributed by atoms with Crippen molar-refractivity contribution >= 4 is 19.8 Å². The van der Waals surface area contributed by atoms with E-state index in [1.807, 2.05) is 0 Å². The number of ether oxygens (including phenoxy) is 2. The molecule has 0 radical (unpaired) electrons. The van der Waals surface area contributed by atoms with Gasteiger partial charge < -0.3 is 39.9 Å². The summed E-state index contributed by atoms with van der Waals surface area (Å²) in [6.07, 6.45) is 27.5. The first kappa shape index (κ1) is 54.8. The molecule has 1 aliphatic carbocycles. The molecule has 8 atom stereocenters. The lowest BCUT2D eigenvalue weighted by atomic mass is 9.85. The summed E-state index contributed by atoms with van der Waals surface area (Å²) in [5, 5.41) is 50.1. The van der Waals surface area contributed by atoms with Gasteiger partial charge in [-0.3, -0.25) is 18.6 Å². The fraction of sp³-hybridized carbons (Fsp3) is 0.778. The average Bonchev–Trinajstić information content (AvgIpc) is 3.21. The maximum Gasteiger partial charge on any atom is 0.472 e. The van der Waals surface area contributed by atoms with E-state index in [9.17, 15) is 44.6 Å². The van der Waals surface area contributed by atoms with E-state index >= 15 is 0 Å². The summed E-state index contributed by atoms with van der Waals surface area (Å²) in [7, 11) is -5.13. The van der Waals surface area contributed by atoms with Crippen molar-refractivity contribution in [3.05, 3.63) is 48.6 Å². The number of phosphoric ester groups is 1. The number of phosphoric acid groups is 1. The van der Waals surface area contributed by atoms with Crippen molar-refractivity contribution in [2.24, 2.45) is 0 Å². The van der Waals surface area contributed by atoms with Crippen LogP contribution in [0.1, 0.15) is 168 Å². The van der Waals surface area contributed by atoms with Gasteiger partial charge in [-0.15, -0.1) is 0 Å². The molecule has 0 aromatic rings. The van der Waals surface area contributed by atoms with Gasteiger partial charge in [0.25, 0.3) is 0 Å². The Morgan fingerprint density at radius 3 is 1.37 bits per heavy atom. The van der Waals surface area contributed by atoms with Crippen LogP contribution in [0.3, 0.4) is 0 Å². The number of hydrogen-bond donors (Lipinski definition) is 6. The summed E-state index contributed by atoms with van der Waals surface area (Å²) >= 11 is 0. The Bertz CT molecular complexity index is 1220. The molecular formula is C45H79O13P. The van der Waals surface area contributed by atoms with E-state index < -0.39 is 75.7 Å². The van der Waals surface area contributed by atoms with Crippen LogP contribution in [-0.2, 0) is 32.7 Å². The summed E-state index contributed by atoms with van der Waals surface area (Å²) in [4.78, 5) is 35.6. The van der Waals surface area contributed by atoms with Gasteiger partial charge in [-0.2, -0.15) is 0 Å². The Morgan fingerprint density at radius 1 is 0.525 bits per heavy atom. The standard InChI is InChI=1S/C45H79O13P/c1-3-5-7-9-11-13-15-17-19-21-23-25-27-29-31-33-38(46)55-35-37(36-56-59(53,54)58-45-43(51)41(49)40(48)42(50)44(45)52)57-39(47)34-32-30-28-26-24-22-20-18-16-14-12-10-8-6-4-2/h17-20,23-26,37,40-45,48-52H,3-16,21-22,27-36H2,1-2H3,(H,53,54)/b19-17+,20-18+,25-23+,26-24+/t37-,40?,41-,42?,43?,44?,45?/m1/s1. The van der Waals surface area contributed by atoms with Crippen molar-refractivity contribution in [3.8, 4) is 0 Å². The third-order valence-electron chi connectivity index (χ3n) is 10.1. The zero-order chi connectivity index (χ0) is 43.6. The molecule has 14 heteroatoms. The molecule has 1 aliphatic rings. The Kier molecular flexibility index (Phi) is 32.9. The molecule has 6 unspecified atom stereocenters. The highest BCUT2D eigenvalue weighted by atomic mass is 31.2. The molecule has 0 aliphatic heterocycles. The van der Waals surface area contributed by atoms with E-state index in [4.69, 9.17) is 18.5 Å². The number of esters is 2. The topological polar surface area (TPSA) is 210 Å². The predicted octanol–water partition coefficient (Wildman–Crippen LogP) is 8.39. The third kappa shape index (κ3) is 28.1. The van der Waals surface area contributed by atoms with Crippen molar-refractivity contribution in [1.82, 2.24) is 0 Å². The number of unbranched alkanes of at least 4 members (excludes halogenated alkanes) is 16. The van der Waals surface area contributed by atoms with Gasteiger partial charge in [0.2, 0.25) is 0 Å². The number of carbonyl (C=O) groups is 2. The number of aliphatic hydroxyl groups is 5. The van der Waals surface area contributed by atoms with Crippen molar-refractivity contribution in [1.29, 1.82) is 0 Å². The first-order chi connectivity index (χ1) is 28.4. The van der Waals surface area contributed by atoms with E-state index in [-0.39, 0.29) is 12.8 Å². The minimum atomic E-state index is -5.13. The molecule has 0 bridgehead atoms. The molecule has 13 nitrogen and oxygen atoms in total. The monoisotopic (exact) mass is 859 g/mol. The van der Waals surface area contributed by atoms with Gasteiger partial charge in [0.15, 0.2) is 6.10 Å². The van der Waals surface area contributed by atoms with Crippen LogP contribution in [0.4, 0.5) is 0 Å². The molecule has 1 rings (SSSR count). The van der Waals surface area contributed by atoms with E-state index in [1.165, 1.54) is 77.0 Å². The molecule has 0 spiro atoms. The second-order valence-electron chi connectivity index (χ2n) is 15.5. The highest BCUT2D eigenvalue weighted by Gasteiger charge is 2.51. The average molecular weight is 859 g/mol. The largest absolute Gasteiger partial charge is 0.472 e. The fourth-order valence-electron chi connectivity index (χ4n) is 6.46. The summed E-state index contributed by atoms with van der Waals surface area (Å²) < 4.78 is 33.4. The first-order valence-electron chi connectivity index (χ1n) is 22.4. The summed E-state index contributed by atoms with van der Waals surface area (Å²) in [6, 6.07) is 0. The van der Waals surface area contributed by atoms with Crippen molar-refractivity contribution in [2.75, 3.05) is 13.2 Å². The van der Waals surface area contributed by atoms with Gasteiger partial charge in [0, 0.05) is 12.8 Å². The van der Waals surface area contributed by atoms with Crippen molar-refractivity contribution in [2.45, 2.75) is 211 Å². The molecule has 1 fully saturated rings. The summed E-state index contributed by atoms with van der Waals surface area (Å²) in [5.74, 6) is -1.18. The SMILES string of the molecule is CCCCCCCC/C=C/C/C=C/CCCCC(=O)OC[C@H](COP(=O)(O)OC1C(O)C(O)C(O)[C@@H](O)C1O)OC(=O)CCCC/C=C/C/C=C/CCCCCCCC. The lowest BCUT2D eigenvalue weighted by Gasteiger charge is -2.41. The predicted molar refractivity (Wildman–Crippen MR) is 230 cm³/mol. The minimum Gasteiger partial charge on any atom is -0.462 e. The first-order valence-corrected chi connectivity index (χ1v) is 23.9. The minimum absolute atomic E-state index is 0.0464. The molecule has 6 N–H and O–H groups in total. The van der Waals surface area contributed by atoms with E-state index in [0.29, 0.717) is 12.8 Å². The number of allylic oxidation sites excluding steroid dienone is 8. The van der Waals surface area contributed by atoms with Crippen LogP contribution in [-0.4, -0.2) is 98.3 Å². The van der Waals surface area contributed by atoms with E-state index in [0.717, 1.165) is 51.4 Å². The molecule has 0 aromatic heterocycles. The van der Waals surface area contributed by atoms with Crippen molar-refractivity contribution in [3.63, 3.8) is 0 Å². The van der Waals surface area contributed by atoms with Gasteiger partial charge in [-0.25, -0.2) is 4.57 Å². The van der Waals surface area contributed by atoms with E-state index in [2.05, 4.69) is 62.5 Å². The lowest BCUT2D eigenvalue weighted by molar-refractivity contribution is -0.220. The van der Waals surface area contributed by atoms with Gasteiger partial charge in [-0.1, -0.05) is 127 Å². The van der Waals surface area contributed by atoms with Crippen molar-refractivity contribution < 1.29 is 63.1 Å². The second-order valence-corrected chi connectivity index (χ2v) is 16.9. The molecule has 342 valence electrons. The number of carbonyl (C=O) groups excluding carboxylic acids is 2. The zero-order valence-electron chi connectivity index (χ0n) is 36.0. The van der Waals surface area contributed by atoms with Crippen LogP contribution in [0.2, 0.25) is 0 Å². The number of hydrogen-bond acceptors (Lipinski definition) is 12. The Morgan fingerprint density at radius 2 is 0.915 bits per heavy atom. The maximum absolute atomic E-state index is 12.8. The Hall–Kier alpha value is -2.19. The summed E-state index contributed by atoms with van der Waals surface area (Å²) in [5.41, 5.74) is 0. The van der Waals surface area contributed by atoms with Gasteiger partial charge in [-0.05, 0) is 77.0 Å². The second kappa shape index (κ2) is 35.4. The number of aliphatic hydroxyl groups excluding tert-OH is 5. The number of rotatable bonds is 36. The normalized spacial score (nSPS) is 22.8. The van der Waals surface area contributed by atoms with Crippen LogP contribution < -0.4 is 0 Å². The highest BCUT2D eigenvalue weighted by molar-refractivity contribution is 7.47. The Labute approximate surface area is 354 Å². The Balaban J connectivity index is 2.53. The molecule has 1 saturated carbocycles. The molecule has 0 amide bonds. The third-order valence-corrected chi connectivity index (χ3v) is 11.1. The highest BCUT2D eigenvalue weighted by Crippen LogP contribution is 2.47. The van der Waals surface area contributed by atoms with E-state index in [1.54, 1.807) is 0 Å².